The van der Waals surface area contributed by atoms with Crippen molar-refractivity contribution in [2.45, 2.75) is 90.6 Å². The highest BCUT2D eigenvalue weighted by atomic mass is 33.5. The predicted molar refractivity (Wildman–Crippen MR) is 113 cm³/mol. The van der Waals surface area contributed by atoms with Crippen LogP contribution in [-0.2, 0) is 0 Å². The first kappa shape index (κ1) is 20.4. The standard InChI is InChI=1S/C20H38S3/c1-13(2)17-9-7-15(5)11-19(17)21-23-22-20-12-16(6)8-10-18(20)14(3)4/h13-20H,7-12H2,1-6H3/t15-,16-,17+,18+,19+,20+/m1/s1. The van der Waals surface area contributed by atoms with Crippen LogP contribution in [0.4, 0.5) is 0 Å². The van der Waals surface area contributed by atoms with E-state index in [1.807, 2.05) is 0 Å². The summed E-state index contributed by atoms with van der Waals surface area (Å²) >= 11 is 0. The Labute approximate surface area is 157 Å². The normalized spacial score (nSPS) is 39.1. The van der Waals surface area contributed by atoms with E-state index in [0.29, 0.717) is 0 Å². The summed E-state index contributed by atoms with van der Waals surface area (Å²) < 4.78 is 0. The Morgan fingerprint density at radius 1 is 0.652 bits per heavy atom. The molecule has 2 aliphatic rings. The topological polar surface area (TPSA) is 0 Å². The van der Waals surface area contributed by atoms with Crippen LogP contribution in [0.25, 0.3) is 0 Å². The molecule has 0 saturated heterocycles. The van der Waals surface area contributed by atoms with Gasteiger partial charge in [0.15, 0.2) is 0 Å². The molecule has 2 fully saturated rings. The fourth-order valence-corrected chi connectivity index (χ4v) is 11.1. The van der Waals surface area contributed by atoms with E-state index in [1.54, 1.807) is 0 Å². The van der Waals surface area contributed by atoms with Gasteiger partial charge in [-0.05, 0) is 71.0 Å². The molecule has 3 heteroatoms. The molecular formula is C20H38S3. The van der Waals surface area contributed by atoms with Crippen LogP contribution in [0.5, 0.6) is 0 Å². The molecule has 6 atom stereocenters. The SMILES string of the molecule is CC(C)[C@@H]1CC[C@@H](C)C[C@@H]1SSS[C@H]1C[C@H](C)CC[C@H]1C(C)C. The van der Waals surface area contributed by atoms with Gasteiger partial charge >= 0.3 is 0 Å². The summed E-state index contributed by atoms with van der Waals surface area (Å²) in [5.74, 6) is 5.45. The van der Waals surface area contributed by atoms with Crippen LogP contribution in [0.3, 0.4) is 0 Å². The number of rotatable bonds is 6. The van der Waals surface area contributed by atoms with E-state index in [-0.39, 0.29) is 0 Å². The second-order valence-corrected chi connectivity index (χ2v) is 13.5. The van der Waals surface area contributed by atoms with E-state index in [9.17, 15) is 0 Å². The van der Waals surface area contributed by atoms with Crippen molar-refractivity contribution in [1.29, 1.82) is 0 Å². The van der Waals surface area contributed by atoms with E-state index < -0.39 is 0 Å². The lowest BCUT2D eigenvalue weighted by Crippen LogP contribution is -2.30. The first-order valence-corrected chi connectivity index (χ1v) is 13.5. The summed E-state index contributed by atoms with van der Waals surface area (Å²) in [6, 6.07) is 0. The van der Waals surface area contributed by atoms with E-state index in [4.69, 9.17) is 0 Å². The van der Waals surface area contributed by atoms with Crippen molar-refractivity contribution in [3.8, 4) is 0 Å². The largest absolute Gasteiger partial charge is 0.0788 e. The summed E-state index contributed by atoms with van der Waals surface area (Å²) in [5, 5.41) is 1.77. The Bertz CT molecular complexity index is 310. The highest BCUT2D eigenvalue weighted by Crippen LogP contribution is 2.52. The zero-order valence-corrected chi connectivity index (χ0v) is 18.5. The molecule has 0 radical (unpaired) electrons. The Morgan fingerprint density at radius 2 is 1.04 bits per heavy atom. The van der Waals surface area contributed by atoms with Crippen LogP contribution in [0.2, 0.25) is 0 Å². The second-order valence-electron chi connectivity index (χ2n) is 8.99. The van der Waals surface area contributed by atoms with Crippen LogP contribution in [0, 0.1) is 35.5 Å². The molecule has 2 saturated carbocycles. The van der Waals surface area contributed by atoms with Crippen LogP contribution in [0.15, 0.2) is 0 Å². The van der Waals surface area contributed by atoms with Gasteiger partial charge in [-0.15, -0.1) is 0 Å². The van der Waals surface area contributed by atoms with E-state index in [2.05, 4.69) is 73.0 Å². The first-order valence-electron chi connectivity index (χ1n) is 9.87. The van der Waals surface area contributed by atoms with Crippen molar-refractivity contribution in [2.24, 2.45) is 35.5 Å². The fraction of sp³-hybridized carbons (Fsp3) is 1.00. The van der Waals surface area contributed by atoms with Crippen molar-refractivity contribution in [1.82, 2.24) is 0 Å². The molecular weight excluding hydrogens is 336 g/mol. The summed E-state index contributed by atoms with van der Waals surface area (Å²) in [5.41, 5.74) is 0. The van der Waals surface area contributed by atoms with Gasteiger partial charge in [-0.25, -0.2) is 0 Å². The lowest BCUT2D eigenvalue weighted by Gasteiger charge is -2.38. The van der Waals surface area contributed by atoms with Crippen molar-refractivity contribution >= 4 is 31.4 Å². The van der Waals surface area contributed by atoms with Crippen molar-refractivity contribution < 1.29 is 0 Å². The van der Waals surface area contributed by atoms with Gasteiger partial charge in [-0.3, -0.25) is 0 Å². The number of hydrogen-bond donors (Lipinski definition) is 0. The van der Waals surface area contributed by atoms with Gasteiger partial charge in [0.2, 0.25) is 0 Å². The van der Waals surface area contributed by atoms with Gasteiger partial charge in [0.1, 0.15) is 0 Å². The van der Waals surface area contributed by atoms with Gasteiger partial charge in [0, 0.05) is 10.5 Å². The molecule has 0 aromatic heterocycles. The van der Waals surface area contributed by atoms with Gasteiger partial charge in [0.05, 0.1) is 0 Å². The molecule has 2 aliphatic carbocycles. The molecule has 0 heterocycles. The third-order valence-corrected chi connectivity index (χ3v) is 11.4. The maximum Gasteiger partial charge on any atom is 0.0192 e. The molecule has 0 nitrogen and oxygen atoms in total. The molecule has 0 N–H and O–H groups in total. The molecule has 0 aliphatic heterocycles. The van der Waals surface area contributed by atoms with Gasteiger partial charge in [-0.2, -0.15) is 0 Å². The van der Waals surface area contributed by atoms with Crippen molar-refractivity contribution in [2.75, 3.05) is 0 Å². The van der Waals surface area contributed by atoms with E-state index in [1.165, 1.54) is 38.5 Å². The monoisotopic (exact) mass is 374 g/mol. The van der Waals surface area contributed by atoms with Gasteiger partial charge in [-0.1, -0.05) is 76.0 Å². The Kier molecular flexibility index (Phi) is 8.56. The zero-order chi connectivity index (χ0) is 17.0. The number of hydrogen-bond acceptors (Lipinski definition) is 3. The molecule has 0 aromatic carbocycles. The smallest absolute Gasteiger partial charge is 0.0192 e. The first-order chi connectivity index (χ1) is 10.9. The molecule has 2 rings (SSSR count). The van der Waals surface area contributed by atoms with Crippen molar-refractivity contribution in [3.05, 3.63) is 0 Å². The average Bonchev–Trinajstić information content (AvgIpc) is 2.46. The maximum absolute atomic E-state index is 2.46. The molecule has 0 aromatic rings. The molecule has 0 unspecified atom stereocenters. The molecule has 136 valence electrons. The van der Waals surface area contributed by atoms with E-state index in [0.717, 1.165) is 46.0 Å². The lowest BCUT2D eigenvalue weighted by molar-refractivity contribution is 0.245. The van der Waals surface area contributed by atoms with Crippen LogP contribution in [-0.4, -0.2) is 10.5 Å². The average molecular weight is 375 g/mol. The second kappa shape index (κ2) is 9.67. The highest BCUT2D eigenvalue weighted by molar-refractivity contribution is 9.09. The third kappa shape index (κ3) is 6.06. The van der Waals surface area contributed by atoms with Crippen LogP contribution >= 0.6 is 31.4 Å². The maximum atomic E-state index is 2.46. The lowest BCUT2D eigenvalue weighted by atomic mass is 9.77. The summed E-state index contributed by atoms with van der Waals surface area (Å²) in [7, 11) is 6.60. The Hall–Kier alpha value is 1.05. The molecule has 0 bridgehead atoms. The minimum Gasteiger partial charge on any atom is -0.0788 e. The Balaban J connectivity index is 1.83. The molecule has 23 heavy (non-hydrogen) atoms. The van der Waals surface area contributed by atoms with E-state index >= 15 is 0 Å². The zero-order valence-electron chi connectivity index (χ0n) is 16.1. The minimum absolute atomic E-state index is 0.851. The summed E-state index contributed by atoms with van der Waals surface area (Å²) in [4.78, 5) is 0. The quantitative estimate of drug-likeness (QED) is 0.433. The van der Waals surface area contributed by atoms with Crippen molar-refractivity contribution in [3.63, 3.8) is 0 Å². The van der Waals surface area contributed by atoms with Crippen LogP contribution < -0.4 is 0 Å². The highest BCUT2D eigenvalue weighted by Gasteiger charge is 2.34. The van der Waals surface area contributed by atoms with Gasteiger partial charge in [0.25, 0.3) is 0 Å². The van der Waals surface area contributed by atoms with Gasteiger partial charge < -0.3 is 0 Å². The van der Waals surface area contributed by atoms with Crippen LogP contribution in [0.1, 0.15) is 80.1 Å². The third-order valence-electron chi connectivity index (χ3n) is 6.25. The fourth-order valence-electron chi connectivity index (χ4n) is 4.57. The Morgan fingerprint density at radius 3 is 1.39 bits per heavy atom. The molecule has 0 spiro atoms. The predicted octanol–water partition coefficient (Wildman–Crippen LogP) is 7.94. The minimum atomic E-state index is 0.851. The summed E-state index contributed by atoms with van der Waals surface area (Å²) in [6.45, 7) is 14.7. The summed E-state index contributed by atoms with van der Waals surface area (Å²) in [6.07, 6.45) is 8.69. The molecule has 0 amide bonds.